The van der Waals surface area contributed by atoms with Crippen LogP contribution in [-0.2, 0) is 0 Å². The highest BCUT2D eigenvalue weighted by atomic mass is 35.5. The molecule has 90 valence electrons. The molecule has 0 spiro atoms. The Kier molecular flexibility index (Phi) is 3.55. The Labute approximate surface area is 102 Å². The molecule has 1 fully saturated rings. The number of piperidine rings is 1. The van der Waals surface area contributed by atoms with Crippen molar-refractivity contribution in [3.05, 3.63) is 17.2 Å². The molecule has 0 atom stereocenters. The Hall–Kier alpha value is -0.540. The molecule has 1 aromatic rings. The zero-order valence-electron chi connectivity index (χ0n) is 10.3. The number of aromatic nitrogens is 2. The zero-order chi connectivity index (χ0) is 11.7. The number of halogens is 1. The van der Waals surface area contributed by atoms with Crippen molar-refractivity contribution in [3.63, 3.8) is 0 Å². The Morgan fingerprint density at radius 3 is 2.56 bits per heavy atom. The lowest BCUT2D eigenvalue weighted by atomic mass is 9.94. The molecule has 0 unspecified atom stereocenters. The summed E-state index contributed by atoms with van der Waals surface area (Å²) in [5.74, 6) is 0.624. The van der Waals surface area contributed by atoms with Crippen molar-refractivity contribution in [2.75, 3.05) is 20.1 Å². The highest BCUT2D eigenvalue weighted by molar-refractivity contribution is 6.28. The fourth-order valence-electron chi connectivity index (χ4n) is 2.47. The topological polar surface area (TPSA) is 21.1 Å². The van der Waals surface area contributed by atoms with E-state index in [0.717, 1.165) is 0 Å². The summed E-state index contributed by atoms with van der Waals surface area (Å²) in [4.78, 5) is 6.63. The van der Waals surface area contributed by atoms with Crippen LogP contribution in [0.25, 0.3) is 0 Å². The molecule has 0 bridgehead atoms. The maximum atomic E-state index is 6.13. The average Bonchev–Trinajstić information content (AvgIpc) is 2.61. The van der Waals surface area contributed by atoms with E-state index in [0.29, 0.717) is 17.2 Å². The normalized spacial score (nSPS) is 19.6. The first-order valence-electron chi connectivity index (χ1n) is 6.00. The predicted molar refractivity (Wildman–Crippen MR) is 67.1 cm³/mol. The molecule has 0 radical (unpaired) electrons. The molecule has 2 rings (SSSR count). The summed E-state index contributed by atoms with van der Waals surface area (Å²) in [7, 11) is 2.18. The molecule has 1 aliphatic heterocycles. The lowest BCUT2D eigenvalue weighted by Gasteiger charge is -2.30. The molecule has 0 amide bonds. The molecule has 1 aliphatic rings. The van der Waals surface area contributed by atoms with Gasteiger partial charge in [0.05, 0.1) is 6.20 Å². The number of imidazole rings is 1. The van der Waals surface area contributed by atoms with Gasteiger partial charge in [0.15, 0.2) is 0 Å². The van der Waals surface area contributed by atoms with Crippen LogP contribution >= 0.6 is 11.6 Å². The minimum absolute atomic E-state index is 0.393. The standard InChI is InChI=1S/C12H20ClN3/c1-9(2)16-11(8-14-12(16)13)10-4-6-15(3)7-5-10/h8-10H,4-7H2,1-3H3. The van der Waals surface area contributed by atoms with Crippen LogP contribution in [0.1, 0.15) is 44.3 Å². The van der Waals surface area contributed by atoms with Gasteiger partial charge in [0.1, 0.15) is 0 Å². The summed E-state index contributed by atoms with van der Waals surface area (Å²) >= 11 is 6.13. The lowest BCUT2D eigenvalue weighted by Crippen LogP contribution is -2.30. The van der Waals surface area contributed by atoms with Crippen molar-refractivity contribution in [3.8, 4) is 0 Å². The number of hydrogen-bond acceptors (Lipinski definition) is 2. The highest BCUT2D eigenvalue weighted by Crippen LogP contribution is 2.31. The van der Waals surface area contributed by atoms with E-state index in [2.05, 4.69) is 35.3 Å². The van der Waals surface area contributed by atoms with Gasteiger partial charge in [0.25, 0.3) is 0 Å². The Morgan fingerprint density at radius 2 is 2.00 bits per heavy atom. The third kappa shape index (κ3) is 2.25. The number of nitrogens with zero attached hydrogens (tertiary/aromatic N) is 3. The fourth-order valence-corrected chi connectivity index (χ4v) is 2.81. The first kappa shape index (κ1) is 11.9. The smallest absolute Gasteiger partial charge is 0.203 e. The van der Waals surface area contributed by atoms with E-state index in [1.54, 1.807) is 0 Å². The largest absolute Gasteiger partial charge is 0.316 e. The van der Waals surface area contributed by atoms with Crippen molar-refractivity contribution in [1.29, 1.82) is 0 Å². The van der Waals surface area contributed by atoms with Gasteiger partial charge in [-0.15, -0.1) is 0 Å². The highest BCUT2D eigenvalue weighted by Gasteiger charge is 2.23. The van der Waals surface area contributed by atoms with Gasteiger partial charge in [0, 0.05) is 17.7 Å². The van der Waals surface area contributed by atoms with Gasteiger partial charge >= 0.3 is 0 Å². The summed E-state index contributed by atoms with van der Waals surface area (Å²) in [5.41, 5.74) is 1.31. The second-order valence-electron chi connectivity index (χ2n) is 4.99. The van der Waals surface area contributed by atoms with E-state index in [4.69, 9.17) is 11.6 Å². The monoisotopic (exact) mass is 241 g/mol. The van der Waals surface area contributed by atoms with Crippen molar-refractivity contribution >= 4 is 11.6 Å². The molecule has 0 aromatic carbocycles. The van der Waals surface area contributed by atoms with E-state index < -0.39 is 0 Å². The van der Waals surface area contributed by atoms with Gasteiger partial charge in [-0.2, -0.15) is 0 Å². The van der Waals surface area contributed by atoms with Crippen LogP contribution in [-0.4, -0.2) is 34.6 Å². The van der Waals surface area contributed by atoms with Crippen LogP contribution in [0.5, 0.6) is 0 Å². The van der Waals surface area contributed by atoms with Crippen LogP contribution in [0.3, 0.4) is 0 Å². The van der Waals surface area contributed by atoms with Crippen molar-refractivity contribution in [1.82, 2.24) is 14.5 Å². The molecule has 1 saturated heterocycles. The second kappa shape index (κ2) is 4.76. The summed E-state index contributed by atoms with van der Waals surface area (Å²) in [6.45, 7) is 6.66. The van der Waals surface area contributed by atoms with E-state index in [1.165, 1.54) is 31.6 Å². The van der Waals surface area contributed by atoms with Gasteiger partial charge < -0.3 is 9.47 Å². The first-order valence-corrected chi connectivity index (χ1v) is 6.38. The summed E-state index contributed by atoms with van der Waals surface area (Å²) in [5, 5.41) is 0.629. The van der Waals surface area contributed by atoms with Gasteiger partial charge in [-0.1, -0.05) is 0 Å². The zero-order valence-corrected chi connectivity index (χ0v) is 11.0. The summed E-state index contributed by atoms with van der Waals surface area (Å²) < 4.78 is 2.16. The van der Waals surface area contributed by atoms with E-state index in [9.17, 15) is 0 Å². The van der Waals surface area contributed by atoms with Gasteiger partial charge in [-0.25, -0.2) is 4.98 Å². The first-order chi connectivity index (χ1) is 7.59. The minimum atomic E-state index is 0.393. The molecule has 1 aromatic heterocycles. The van der Waals surface area contributed by atoms with Crippen molar-refractivity contribution in [2.24, 2.45) is 0 Å². The SMILES string of the molecule is CC(C)n1c(C2CCN(C)CC2)cnc1Cl. The van der Waals surface area contributed by atoms with Crippen LogP contribution < -0.4 is 0 Å². The molecular formula is C12H20ClN3. The summed E-state index contributed by atoms with van der Waals surface area (Å²) in [6, 6.07) is 0.393. The molecule has 16 heavy (non-hydrogen) atoms. The molecule has 3 nitrogen and oxygen atoms in total. The Bertz CT molecular complexity index is 351. The third-order valence-corrected chi connectivity index (χ3v) is 3.71. The maximum absolute atomic E-state index is 6.13. The van der Waals surface area contributed by atoms with Crippen LogP contribution in [0.15, 0.2) is 6.20 Å². The van der Waals surface area contributed by atoms with Crippen LogP contribution in [0.2, 0.25) is 5.28 Å². The molecule has 0 saturated carbocycles. The summed E-state index contributed by atoms with van der Waals surface area (Å²) in [6.07, 6.45) is 4.38. The van der Waals surface area contributed by atoms with Crippen LogP contribution in [0, 0.1) is 0 Å². The van der Waals surface area contributed by atoms with Gasteiger partial charge in [-0.05, 0) is 58.4 Å². The number of rotatable bonds is 2. The molecule has 0 N–H and O–H groups in total. The molecule has 0 aliphatic carbocycles. The number of hydrogen-bond donors (Lipinski definition) is 0. The Balaban J connectivity index is 2.20. The maximum Gasteiger partial charge on any atom is 0.203 e. The van der Waals surface area contributed by atoms with Crippen LogP contribution in [0.4, 0.5) is 0 Å². The second-order valence-corrected chi connectivity index (χ2v) is 5.33. The number of likely N-dealkylation sites (tertiary alicyclic amines) is 1. The van der Waals surface area contributed by atoms with Gasteiger partial charge in [-0.3, -0.25) is 0 Å². The molecule has 2 heterocycles. The van der Waals surface area contributed by atoms with E-state index in [-0.39, 0.29) is 0 Å². The van der Waals surface area contributed by atoms with Crippen molar-refractivity contribution < 1.29 is 0 Å². The fraction of sp³-hybridized carbons (Fsp3) is 0.750. The quantitative estimate of drug-likeness (QED) is 0.794. The average molecular weight is 242 g/mol. The molecular weight excluding hydrogens is 222 g/mol. The third-order valence-electron chi connectivity index (χ3n) is 3.43. The van der Waals surface area contributed by atoms with Gasteiger partial charge in [0.2, 0.25) is 5.28 Å². The van der Waals surface area contributed by atoms with E-state index >= 15 is 0 Å². The Morgan fingerprint density at radius 1 is 1.38 bits per heavy atom. The van der Waals surface area contributed by atoms with Crippen molar-refractivity contribution in [2.45, 2.75) is 38.6 Å². The minimum Gasteiger partial charge on any atom is -0.316 e. The lowest BCUT2D eigenvalue weighted by molar-refractivity contribution is 0.250. The predicted octanol–water partition coefficient (Wildman–Crippen LogP) is 2.93. The molecule has 4 heteroatoms. The van der Waals surface area contributed by atoms with E-state index in [1.807, 2.05) is 6.20 Å².